The quantitative estimate of drug-likeness (QED) is 0.178. The van der Waals surface area contributed by atoms with Gasteiger partial charge in [-0.25, -0.2) is 4.39 Å². The number of carbonyl (C=O) groups is 1. The van der Waals surface area contributed by atoms with Crippen LogP contribution in [0, 0.1) is 26.6 Å². The number of pyridine rings is 1. The molecule has 0 unspecified atom stereocenters. The predicted octanol–water partition coefficient (Wildman–Crippen LogP) is 7.83. The molecule has 44 heavy (non-hydrogen) atoms. The number of aryl methyl sites for hydroxylation is 4. The summed E-state index contributed by atoms with van der Waals surface area (Å²) >= 11 is 0. The summed E-state index contributed by atoms with van der Waals surface area (Å²) in [7, 11) is 1.66. The molecule has 5 aromatic rings. The summed E-state index contributed by atoms with van der Waals surface area (Å²) in [6.45, 7) is 12.9. The molecule has 0 aliphatic heterocycles. The van der Waals surface area contributed by atoms with Gasteiger partial charge in [0.05, 0.1) is 12.0 Å². The summed E-state index contributed by atoms with van der Waals surface area (Å²) in [4.78, 5) is 29.2. The van der Waals surface area contributed by atoms with Crippen LogP contribution >= 0.6 is 0 Å². The van der Waals surface area contributed by atoms with Gasteiger partial charge in [-0.05, 0) is 93.8 Å². The molecular weight excluding hydrogens is 557 g/mol. The minimum atomic E-state index is -1.15. The fourth-order valence-electron chi connectivity index (χ4n) is 5.09. The van der Waals surface area contributed by atoms with Crippen molar-refractivity contribution < 1.29 is 19.0 Å². The number of hydrogen-bond donors (Lipinski definition) is 3. The third kappa shape index (κ3) is 6.92. The molecule has 0 fully saturated rings. The highest BCUT2D eigenvalue weighted by Crippen LogP contribution is 2.41. The highest BCUT2D eigenvalue weighted by atomic mass is 19.1. The third-order valence-electron chi connectivity index (χ3n) is 7.32. The lowest BCUT2D eigenvalue weighted by Gasteiger charge is -2.22. The van der Waals surface area contributed by atoms with E-state index in [2.05, 4.69) is 10.3 Å². The zero-order valence-corrected chi connectivity index (χ0v) is 26.6. The van der Waals surface area contributed by atoms with Crippen LogP contribution < -0.4 is 15.6 Å². The first kappa shape index (κ1) is 32.2. The zero-order chi connectivity index (χ0) is 32.3. The molecule has 3 aromatic carbocycles. The molecule has 7 nitrogen and oxygen atoms in total. The first-order valence-corrected chi connectivity index (χ1v) is 14.7. The molecule has 2 heterocycles. The number of fused-ring (bicyclic) bond motifs is 1. The van der Waals surface area contributed by atoms with Gasteiger partial charge in [-0.15, -0.1) is 0 Å². The van der Waals surface area contributed by atoms with Crippen LogP contribution in [-0.4, -0.2) is 20.6 Å². The molecule has 0 atom stereocenters. The molecule has 0 spiro atoms. The molecule has 2 aromatic heterocycles. The van der Waals surface area contributed by atoms with Crippen molar-refractivity contribution >= 4 is 22.5 Å². The average molecular weight is 598 g/mol. The van der Waals surface area contributed by atoms with Gasteiger partial charge in [0.15, 0.2) is 0 Å². The Hall–Kier alpha value is -4.69. The van der Waals surface area contributed by atoms with Crippen molar-refractivity contribution in [2.24, 2.45) is 7.05 Å². The molecular formula is C36H40FN3O4. The fourth-order valence-corrected chi connectivity index (χ4v) is 5.09. The summed E-state index contributed by atoms with van der Waals surface area (Å²) in [6.07, 6.45) is 1.75. The predicted molar refractivity (Wildman–Crippen MR) is 175 cm³/mol. The molecule has 1 amide bonds. The molecule has 0 aliphatic rings. The van der Waals surface area contributed by atoms with Crippen LogP contribution in [0.25, 0.3) is 22.0 Å². The van der Waals surface area contributed by atoms with Gasteiger partial charge in [0.2, 0.25) is 5.91 Å². The van der Waals surface area contributed by atoms with Crippen molar-refractivity contribution in [1.82, 2.24) is 9.55 Å². The van der Waals surface area contributed by atoms with Gasteiger partial charge in [-0.2, -0.15) is 0 Å². The number of aromatic amines is 1. The fraction of sp³-hybridized carbons (Fsp3) is 0.278. The SMILES string of the molecule is CC.Cc1ccc(NC(=O)Cc2cc3c(-c4cc(C(C)(C)O)ccc4Oc4c(C)cc(F)cc4C)cn(C)c(=O)c3[nH]2)cc1. The van der Waals surface area contributed by atoms with E-state index in [4.69, 9.17) is 4.74 Å². The first-order valence-electron chi connectivity index (χ1n) is 14.7. The maximum Gasteiger partial charge on any atom is 0.274 e. The Morgan fingerprint density at radius 1 is 0.977 bits per heavy atom. The molecule has 0 radical (unpaired) electrons. The molecule has 0 saturated heterocycles. The number of rotatable bonds is 7. The number of ether oxygens (including phenoxy) is 1. The summed E-state index contributed by atoms with van der Waals surface area (Å²) in [6, 6.07) is 17.5. The second-order valence-electron chi connectivity index (χ2n) is 11.4. The second kappa shape index (κ2) is 12.9. The van der Waals surface area contributed by atoms with Crippen molar-refractivity contribution in [2.45, 2.75) is 60.5 Å². The standard InChI is InChI=1S/C34H34FN3O4.C2H6/c1-19-7-10-24(11-8-19)36-30(39)17-25-16-27-28(18-38(6)33(40)31(27)37-25)26-15-22(34(4,5)41)9-12-29(26)42-32-20(2)13-23(35)14-21(32)3;1-2/h7-16,18,37,41H,17H2,1-6H3,(H,36,39);1-2H3. The van der Waals surface area contributed by atoms with E-state index in [0.29, 0.717) is 61.6 Å². The maximum absolute atomic E-state index is 14.0. The summed E-state index contributed by atoms with van der Waals surface area (Å²) in [5.74, 6) is 0.429. The lowest BCUT2D eigenvalue weighted by atomic mass is 9.93. The van der Waals surface area contributed by atoms with E-state index in [0.717, 1.165) is 5.56 Å². The summed E-state index contributed by atoms with van der Waals surface area (Å²) < 4.78 is 21.9. The Bertz CT molecular complexity index is 1860. The molecule has 0 bridgehead atoms. The number of aromatic nitrogens is 2. The van der Waals surface area contributed by atoms with E-state index in [1.807, 2.05) is 51.1 Å². The highest BCUT2D eigenvalue weighted by molar-refractivity contribution is 5.98. The van der Waals surface area contributed by atoms with Crippen molar-refractivity contribution in [2.75, 3.05) is 5.32 Å². The maximum atomic E-state index is 14.0. The van der Waals surface area contributed by atoms with Crippen LogP contribution in [0.15, 0.2) is 71.7 Å². The van der Waals surface area contributed by atoms with E-state index in [1.165, 1.54) is 16.7 Å². The van der Waals surface area contributed by atoms with Crippen LogP contribution in [0.1, 0.15) is 55.6 Å². The number of aliphatic hydroxyl groups is 1. The largest absolute Gasteiger partial charge is 0.456 e. The number of anilines is 1. The minimum absolute atomic E-state index is 0.0339. The van der Waals surface area contributed by atoms with Gasteiger partial charge >= 0.3 is 0 Å². The summed E-state index contributed by atoms with van der Waals surface area (Å²) in [5, 5.41) is 14.3. The smallest absolute Gasteiger partial charge is 0.274 e. The first-order chi connectivity index (χ1) is 20.8. The zero-order valence-electron chi connectivity index (χ0n) is 26.6. The number of H-pyrrole nitrogens is 1. The Morgan fingerprint density at radius 2 is 1.61 bits per heavy atom. The number of benzene rings is 3. The number of amides is 1. The topological polar surface area (TPSA) is 96.3 Å². The lowest BCUT2D eigenvalue weighted by molar-refractivity contribution is -0.115. The van der Waals surface area contributed by atoms with E-state index in [-0.39, 0.29) is 23.7 Å². The van der Waals surface area contributed by atoms with Gasteiger partial charge in [-0.1, -0.05) is 37.6 Å². The molecule has 3 N–H and O–H groups in total. The van der Waals surface area contributed by atoms with E-state index in [1.54, 1.807) is 59.1 Å². The minimum Gasteiger partial charge on any atom is -0.456 e. The molecule has 8 heteroatoms. The van der Waals surface area contributed by atoms with Crippen LogP contribution in [0.2, 0.25) is 0 Å². The van der Waals surface area contributed by atoms with Crippen LogP contribution in [0.3, 0.4) is 0 Å². The average Bonchev–Trinajstić information content (AvgIpc) is 3.38. The van der Waals surface area contributed by atoms with Crippen molar-refractivity contribution in [3.8, 4) is 22.6 Å². The number of nitrogens with one attached hydrogen (secondary N) is 2. The van der Waals surface area contributed by atoms with Gasteiger partial charge < -0.3 is 24.7 Å². The molecule has 230 valence electrons. The van der Waals surface area contributed by atoms with Gasteiger partial charge in [0, 0.05) is 41.1 Å². The molecule has 5 rings (SSSR count). The van der Waals surface area contributed by atoms with Crippen molar-refractivity contribution in [3.63, 3.8) is 0 Å². The molecule has 0 saturated carbocycles. The van der Waals surface area contributed by atoms with Gasteiger partial charge in [-0.3, -0.25) is 9.59 Å². The third-order valence-corrected chi connectivity index (χ3v) is 7.32. The second-order valence-corrected chi connectivity index (χ2v) is 11.4. The van der Waals surface area contributed by atoms with Crippen molar-refractivity contribution in [3.05, 3.63) is 111 Å². The van der Waals surface area contributed by atoms with Gasteiger partial charge in [0.1, 0.15) is 22.8 Å². The van der Waals surface area contributed by atoms with Crippen LogP contribution in [0.5, 0.6) is 11.5 Å². The Labute approximate surface area is 257 Å². The molecule has 0 aliphatic carbocycles. The van der Waals surface area contributed by atoms with E-state index < -0.39 is 5.60 Å². The number of carbonyl (C=O) groups excluding carboxylic acids is 1. The Balaban J connectivity index is 0.00000216. The van der Waals surface area contributed by atoms with Gasteiger partial charge in [0.25, 0.3) is 5.56 Å². The Kier molecular flexibility index (Phi) is 9.44. The highest BCUT2D eigenvalue weighted by Gasteiger charge is 2.23. The number of nitrogens with zero attached hydrogens (tertiary/aromatic N) is 1. The number of halogens is 1. The van der Waals surface area contributed by atoms with Crippen molar-refractivity contribution in [1.29, 1.82) is 0 Å². The Morgan fingerprint density at radius 3 is 2.23 bits per heavy atom. The normalized spacial score (nSPS) is 11.2. The van der Waals surface area contributed by atoms with Crippen LogP contribution in [0.4, 0.5) is 10.1 Å². The number of hydrogen-bond acceptors (Lipinski definition) is 4. The summed E-state index contributed by atoms with van der Waals surface area (Å²) in [5.41, 5.74) is 4.54. The lowest BCUT2D eigenvalue weighted by Crippen LogP contribution is -2.18. The van der Waals surface area contributed by atoms with E-state index in [9.17, 15) is 19.1 Å². The van der Waals surface area contributed by atoms with Crippen LogP contribution in [-0.2, 0) is 23.9 Å². The monoisotopic (exact) mass is 597 g/mol. The van der Waals surface area contributed by atoms with E-state index >= 15 is 0 Å².